The Morgan fingerprint density at radius 2 is 1.81 bits per heavy atom. The summed E-state index contributed by atoms with van der Waals surface area (Å²) in [5.74, 6) is 1.87. The van der Waals surface area contributed by atoms with Crippen molar-refractivity contribution in [2.45, 2.75) is 25.3 Å². The minimum atomic E-state index is -0.259. The van der Waals surface area contributed by atoms with Gasteiger partial charge in [-0.05, 0) is 56.3 Å². The van der Waals surface area contributed by atoms with Crippen LogP contribution in [0.1, 0.15) is 41.4 Å². The summed E-state index contributed by atoms with van der Waals surface area (Å²) in [5, 5.41) is 7.03. The van der Waals surface area contributed by atoms with Crippen LogP contribution in [0.5, 0.6) is 11.5 Å². The van der Waals surface area contributed by atoms with Gasteiger partial charge >= 0.3 is 0 Å². The maximum Gasteiger partial charge on any atom is 0.273 e. The summed E-state index contributed by atoms with van der Waals surface area (Å²) in [4.78, 5) is 15.3. The Balaban J connectivity index is 1.48. The molecule has 1 saturated heterocycles. The number of amides is 1. The van der Waals surface area contributed by atoms with Crippen molar-refractivity contribution in [2.75, 3.05) is 33.9 Å². The van der Waals surface area contributed by atoms with E-state index in [9.17, 15) is 4.79 Å². The number of hydrogen-bond donors (Lipinski definition) is 1. The zero-order valence-electron chi connectivity index (χ0n) is 18.5. The lowest BCUT2D eigenvalue weighted by molar-refractivity contribution is 0.0914. The Hall–Kier alpha value is -3.32. The molecule has 0 bridgehead atoms. The quantitative estimate of drug-likeness (QED) is 0.568. The Kier molecular flexibility index (Phi) is 7.07. The van der Waals surface area contributed by atoms with Crippen LogP contribution >= 0.6 is 0 Å². The average molecular weight is 436 g/mol. The van der Waals surface area contributed by atoms with Gasteiger partial charge in [-0.15, -0.1) is 0 Å². The first-order chi connectivity index (χ1) is 15.7. The number of carbonyl (C=O) groups excluding carboxylic acids is 1. The largest absolute Gasteiger partial charge is 0.497 e. The van der Waals surface area contributed by atoms with Gasteiger partial charge in [-0.1, -0.05) is 29.8 Å². The maximum absolute atomic E-state index is 12.9. The molecule has 1 N–H and O–H groups in total. The Labute approximate surface area is 188 Å². The molecular weight excluding hydrogens is 406 g/mol. The van der Waals surface area contributed by atoms with Crippen LogP contribution in [-0.4, -0.2) is 49.8 Å². The molecule has 32 heavy (non-hydrogen) atoms. The van der Waals surface area contributed by atoms with Crippen molar-refractivity contribution in [3.8, 4) is 22.8 Å². The lowest BCUT2D eigenvalue weighted by atomic mass is 10.0. The van der Waals surface area contributed by atoms with Crippen molar-refractivity contribution in [3.63, 3.8) is 0 Å². The molecule has 7 nitrogen and oxygen atoms in total. The molecule has 1 amide bonds. The van der Waals surface area contributed by atoms with Gasteiger partial charge in [0, 0.05) is 23.7 Å². The van der Waals surface area contributed by atoms with Crippen LogP contribution in [0.3, 0.4) is 0 Å². The predicted molar refractivity (Wildman–Crippen MR) is 122 cm³/mol. The van der Waals surface area contributed by atoms with Crippen LogP contribution in [-0.2, 0) is 0 Å². The van der Waals surface area contributed by atoms with E-state index in [1.165, 1.54) is 6.42 Å². The average Bonchev–Trinajstić information content (AvgIpc) is 3.35. The number of piperidine rings is 1. The second-order valence-electron chi connectivity index (χ2n) is 7.87. The number of methoxy groups -OCH3 is 2. The zero-order chi connectivity index (χ0) is 22.3. The molecule has 7 heteroatoms. The molecule has 1 fully saturated rings. The first-order valence-corrected chi connectivity index (χ1v) is 11.0. The molecule has 168 valence electrons. The summed E-state index contributed by atoms with van der Waals surface area (Å²) >= 11 is 0. The van der Waals surface area contributed by atoms with Gasteiger partial charge in [-0.2, -0.15) is 0 Å². The summed E-state index contributed by atoms with van der Waals surface area (Å²) in [6, 6.07) is 17.1. The van der Waals surface area contributed by atoms with E-state index in [4.69, 9.17) is 14.0 Å². The van der Waals surface area contributed by atoms with E-state index < -0.39 is 0 Å². The normalized spacial score (nSPS) is 15.2. The summed E-state index contributed by atoms with van der Waals surface area (Å²) in [7, 11) is 3.30. The molecule has 0 saturated carbocycles. The molecule has 1 atom stereocenters. The number of likely N-dealkylation sites (tertiary alicyclic amines) is 1. The molecule has 1 aliphatic heterocycles. The number of aromatic nitrogens is 1. The minimum absolute atomic E-state index is 0.0309. The molecular formula is C25H29N3O4. The molecule has 4 rings (SSSR count). The Morgan fingerprint density at radius 1 is 1.06 bits per heavy atom. The van der Waals surface area contributed by atoms with E-state index in [2.05, 4.69) is 21.4 Å². The Morgan fingerprint density at radius 3 is 2.53 bits per heavy atom. The van der Waals surface area contributed by atoms with Gasteiger partial charge in [0.15, 0.2) is 11.5 Å². The van der Waals surface area contributed by atoms with Gasteiger partial charge in [0.2, 0.25) is 0 Å². The molecule has 2 heterocycles. The number of benzene rings is 2. The number of rotatable bonds is 8. The topological polar surface area (TPSA) is 76.8 Å². The highest BCUT2D eigenvalue weighted by molar-refractivity contribution is 5.93. The molecule has 2 aromatic carbocycles. The van der Waals surface area contributed by atoms with Gasteiger partial charge < -0.3 is 19.3 Å². The molecule has 0 radical (unpaired) electrons. The van der Waals surface area contributed by atoms with E-state index in [0.717, 1.165) is 48.6 Å². The second-order valence-corrected chi connectivity index (χ2v) is 7.87. The highest BCUT2D eigenvalue weighted by atomic mass is 16.5. The first-order valence-electron chi connectivity index (χ1n) is 11.0. The number of nitrogens with one attached hydrogen (secondary N) is 1. The van der Waals surface area contributed by atoms with Crippen molar-refractivity contribution in [3.05, 3.63) is 65.9 Å². The molecule has 3 aromatic rings. The summed E-state index contributed by atoms with van der Waals surface area (Å²) in [6.07, 6.45) is 3.57. The highest BCUT2D eigenvalue weighted by Gasteiger charge is 2.26. The SMILES string of the molecule is COc1ccc(-c2cc(C(=O)NC[C@@H](c3ccccc3OC)N3CCCCC3)no2)cc1. The van der Waals surface area contributed by atoms with E-state index in [0.29, 0.717) is 12.3 Å². The number of hydrogen-bond acceptors (Lipinski definition) is 6. The van der Waals surface area contributed by atoms with Crippen LogP contribution in [0.4, 0.5) is 0 Å². The number of para-hydroxylation sites is 1. The summed E-state index contributed by atoms with van der Waals surface area (Å²) in [5.41, 5.74) is 2.17. The molecule has 0 aliphatic carbocycles. The van der Waals surface area contributed by atoms with Crippen molar-refractivity contribution < 1.29 is 18.8 Å². The van der Waals surface area contributed by atoms with Gasteiger partial charge in [0.05, 0.1) is 20.3 Å². The number of carbonyl (C=O) groups is 1. The van der Waals surface area contributed by atoms with Crippen molar-refractivity contribution in [1.29, 1.82) is 0 Å². The number of nitrogens with zero attached hydrogens (tertiary/aromatic N) is 2. The maximum atomic E-state index is 12.9. The Bertz CT molecular complexity index is 1030. The number of ether oxygens (including phenoxy) is 2. The standard InChI is InChI=1S/C25H29N3O4/c1-30-19-12-10-18(11-13-19)24-16-21(27-32-24)25(29)26-17-22(28-14-6-3-7-15-28)20-8-4-5-9-23(20)31-2/h4-5,8-13,16,22H,3,6-7,14-15,17H2,1-2H3,(H,26,29)/t22-/m0/s1. The van der Waals surface area contributed by atoms with Gasteiger partial charge in [0.1, 0.15) is 11.5 Å². The molecule has 1 aliphatic rings. The van der Waals surface area contributed by atoms with Crippen LogP contribution < -0.4 is 14.8 Å². The smallest absolute Gasteiger partial charge is 0.273 e. The third kappa shape index (κ3) is 4.94. The van der Waals surface area contributed by atoms with Gasteiger partial charge in [0.25, 0.3) is 5.91 Å². The van der Waals surface area contributed by atoms with Crippen molar-refractivity contribution in [2.24, 2.45) is 0 Å². The predicted octanol–water partition coefficient (Wildman–Crippen LogP) is 4.32. The second kappa shape index (κ2) is 10.3. The van der Waals surface area contributed by atoms with Crippen LogP contribution in [0.25, 0.3) is 11.3 Å². The first kappa shape index (κ1) is 21.9. The van der Waals surface area contributed by atoms with Crippen molar-refractivity contribution >= 4 is 5.91 Å². The van der Waals surface area contributed by atoms with Gasteiger partial charge in [-0.3, -0.25) is 9.69 Å². The van der Waals surface area contributed by atoms with Crippen LogP contribution in [0, 0.1) is 0 Å². The summed E-state index contributed by atoms with van der Waals surface area (Å²) < 4.78 is 16.2. The fourth-order valence-electron chi connectivity index (χ4n) is 4.16. The monoisotopic (exact) mass is 435 g/mol. The highest BCUT2D eigenvalue weighted by Crippen LogP contribution is 2.31. The van der Waals surface area contributed by atoms with Crippen LogP contribution in [0.2, 0.25) is 0 Å². The van der Waals surface area contributed by atoms with E-state index in [1.54, 1.807) is 20.3 Å². The molecule has 0 spiro atoms. The lowest BCUT2D eigenvalue weighted by Crippen LogP contribution is -2.40. The van der Waals surface area contributed by atoms with E-state index in [1.807, 2.05) is 42.5 Å². The van der Waals surface area contributed by atoms with Gasteiger partial charge in [-0.25, -0.2) is 0 Å². The minimum Gasteiger partial charge on any atom is -0.497 e. The van der Waals surface area contributed by atoms with Crippen LogP contribution in [0.15, 0.2) is 59.1 Å². The molecule has 1 aromatic heterocycles. The fourth-order valence-corrected chi connectivity index (χ4v) is 4.16. The lowest BCUT2D eigenvalue weighted by Gasteiger charge is -2.35. The summed E-state index contributed by atoms with van der Waals surface area (Å²) in [6.45, 7) is 2.47. The van der Waals surface area contributed by atoms with Crippen molar-refractivity contribution in [1.82, 2.24) is 15.4 Å². The van der Waals surface area contributed by atoms with E-state index in [-0.39, 0.29) is 17.6 Å². The third-order valence-corrected chi connectivity index (χ3v) is 5.90. The molecule has 0 unspecified atom stereocenters. The fraction of sp³-hybridized carbons (Fsp3) is 0.360. The zero-order valence-corrected chi connectivity index (χ0v) is 18.5. The third-order valence-electron chi connectivity index (χ3n) is 5.90. The van der Waals surface area contributed by atoms with E-state index >= 15 is 0 Å².